The van der Waals surface area contributed by atoms with Gasteiger partial charge >= 0.3 is 0 Å². The SMILES string of the molecule is CCCNC(=O)c1n[nH]c2cc(O)c(O)c(Cl)c2c1=O. The van der Waals surface area contributed by atoms with Crippen molar-refractivity contribution in [1.82, 2.24) is 15.5 Å². The van der Waals surface area contributed by atoms with E-state index >= 15 is 0 Å². The van der Waals surface area contributed by atoms with Crippen LogP contribution < -0.4 is 10.7 Å². The average Bonchev–Trinajstić information content (AvgIpc) is 2.42. The van der Waals surface area contributed by atoms with Crippen molar-refractivity contribution >= 4 is 28.4 Å². The number of fused-ring (bicyclic) bond motifs is 1. The number of H-pyrrole nitrogens is 1. The summed E-state index contributed by atoms with van der Waals surface area (Å²) in [4.78, 5) is 24.0. The summed E-state index contributed by atoms with van der Waals surface area (Å²) in [6, 6.07) is 1.11. The van der Waals surface area contributed by atoms with Crippen molar-refractivity contribution in [3.05, 3.63) is 27.0 Å². The topological polar surface area (TPSA) is 115 Å². The second-order valence-electron chi connectivity index (χ2n) is 4.14. The summed E-state index contributed by atoms with van der Waals surface area (Å²) >= 11 is 5.83. The van der Waals surface area contributed by atoms with Crippen LogP contribution in [0.5, 0.6) is 11.5 Å². The fourth-order valence-electron chi connectivity index (χ4n) is 1.70. The van der Waals surface area contributed by atoms with Crippen molar-refractivity contribution in [2.75, 3.05) is 6.54 Å². The van der Waals surface area contributed by atoms with E-state index in [1.54, 1.807) is 0 Å². The van der Waals surface area contributed by atoms with Crippen molar-refractivity contribution in [1.29, 1.82) is 0 Å². The molecule has 2 rings (SSSR count). The number of carbonyl (C=O) groups excluding carboxylic acids is 1. The Morgan fingerprint density at radius 3 is 2.85 bits per heavy atom. The molecule has 0 fully saturated rings. The smallest absolute Gasteiger partial charge is 0.275 e. The molecule has 0 spiro atoms. The van der Waals surface area contributed by atoms with Gasteiger partial charge in [-0.25, -0.2) is 0 Å². The molecule has 4 N–H and O–H groups in total. The normalized spacial score (nSPS) is 10.7. The predicted molar refractivity (Wildman–Crippen MR) is 73.3 cm³/mol. The summed E-state index contributed by atoms with van der Waals surface area (Å²) in [6.45, 7) is 2.28. The Kier molecular flexibility index (Phi) is 3.80. The number of amides is 1. The molecule has 8 heteroatoms. The summed E-state index contributed by atoms with van der Waals surface area (Å²) in [5, 5.41) is 27.2. The van der Waals surface area contributed by atoms with E-state index in [-0.39, 0.29) is 21.6 Å². The predicted octanol–water partition coefficient (Wildman–Crippen LogP) is 1.13. The molecule has 0 aliphatic heterocycles. The lowest BCUT2D eigenvalue weighted by atomic mass is 10.1. The van der Waals surface area contributed by atoms with Crippen molar-refractivity contribution in [2.45, 2.75) is 13.3 Å². The van der Waals surface area contributed by atoms with Gasteiger partial charge in [-0.3, -0.25) is 14.7 Å². The van der Waals surface area contributed by atoms with Crippen LogP contribution in [0.4, 0.5) is 0 Å². The number of phenolic OH excluding ortho intramolecular Hbond substituents is 2. The zero-order valence-electron chi connectivity index (χ0n) is 10.5. The van der Waals surface area contributed by atoms with E-state index in [0.717, 1.165) is 6.07 Å². The molecule has 0 saturated carbocycles. The summed E-state index contributed by atoms with van der Waals surface area (Å²) in [6.07, 6.45) is 0.715. The lowest BCUT2D eigenvalue weighted by Crippen LogP contribution is -2.31. The Balaban J connectivity index is 2.65. The van der Waals surface area contributed by atoms with Gasteiger partial charge in [-0.1, -0.05) is 18.5 Å². The minimum Gasteiger partial charge on any atom is -0.504 e. The second-order valence-corrected chi connectivity index (χ2v) is 4.52. The Morgan fingerprint density at radius 1 is 1.50 bits per heavy atom. The molecular formula is C12H12ClN3O4. The Labute approximate surface area is 118 Å². The van der Waals surface area contributed by atoms with Crippen LogP contribution in [0, 0.1) is 0 Å². The number of carbonyl (C=O) groups is 1. The molecule has 7 nitrogen and oxygen atoms in total. The molecule has 106 valence electrons. The van der Waals surface area contributed by atoms with Crippen molar-refractivity contribution < 1.29 is 15.0 Å². The molecule has 0 atom stereocenters. The maximum atomic E-state index is 12.2. The van der Waals surface area contributed by atoms with Crippen molar-refractivity contribution in [2.24, 2.45) is 0 Å². The second kappa shape index (κ2) is 5.38. The Hall–Kier alpha value is -2.28. The Morgan fingerprint density at radius 2 is 2.20 bits per heavy atom. The van der Waals surface area contributed by atoms with E-state index < -0.39 is 22.8 Å². The molecule has 0 radical (unpaired) electrons. The highest BCUT2D eigenvalue weighted by Gasteiger charge is 2.19. The highest BCUT2D eigenvalue weighted by atomic mass is 35.5. The van der Waals surface area contributed by atoms with Gasteiger partial charge in [-0.15, -0.1) is 0 Å². The number of aromatic amines is 1. The van der Waals surface area contributed by atoms with Crippen LogP contribution in [-0.2, 0) is 0 Å². The van der Waals surface area contributed by atoms with Crippen LogP contribution in [0.25, 0.3) is 10.9 Å². The minimum atomic E-state index is -0.715. The number of nitrogens with one attached hydrogen (secondary N) is 2. The monoisotopic (exact) mass is 297 g/mol. The number of hydrogen-bond donors (Lipinski definition) is 4. The van der Waals surface area contributed by atoms with Gasteiger partial charge in [0, 0.05) is 12.6 Å². The van der Waals surface area contributed by atoms with Crippen LogP contribution in [0.3, 0.4) is 0 Å². The summed E-state index contributed by atoms with van der Waals surface area (Å²) in [5.74, 6) is -1.72. The fraction of sp³-hybridized carbons (Fsp3) is 0.250. The van der Waals surface area contributed by atoms with Gasteiger partial charge in [0.2, 0.25) is 5.43 Å². The van der Waals surface area contributed by atoms with E-state index in [1.165, 1.54) is 0 Å². The minimum absolute atomic E-state index is 0.0985. The molecule has 0 bridgehead atoms. The number of aromatic hydroxyl groups is 2. The summed E-state index contributed by atoms with van der Waals surface area (Å²) < 4.78 is 0. The quantitative estimate of drug-likeness (QED) is 0.634. The standard InChI is InChI=1S/C12H12ClN3O4/c1-2-3-14-12(20)9-11(19)7-5(15-16-9)4-6(17)10(18)8(7)13/h4,17-18H,2-3H2,1H3,(H,14,20)(H,15,19). The molecular weight excluding hydrogens is 286 g/mol. The molecule has 1 heterocycles. The van der Waals surface area contributed by atoms with Crippen molar-refractivity contribution in [3.8, 4) is 11.5 Å². The van der Waals surface area contributed by atoms with Crippen LogP contribution in [0.2, 0.25) is 5.02 Å². The highest BCUT2D eigenvalue weighted by molar-refractivity contribution is 6.37. The first-order valence-electron chi connectivity index (χ1n) is 5.88. The van der Waals surface area contributed by atoms with E-state index in [2.05, 4.69) is 15.5 Å². The first-order valence-corrected chi connectivity index (χ1v) is 6.26. The number of halogens is 1. The molecule has 0 saturated heterocycles. The number of rotatable bonds is 3. The van der Waals surface area contributed by atoms with Crippen LogP contribution in [0.1, 0.15) is 23.8 Å². The van der Waals surface area contributed by atoms with E-state index in [4.69, 9.17) is 11.6 Å². The first kappa shape index (κ1) is 14.1. The molecule has 1 aromatic carbocycles. The van der Waals surface area contributed by atoms with Crippen LogP contribution >= 0.6 is 11.6 Å². The average molecular weight is 298 g/mol. The van der Waals surface area contributed by atoms with E-state index in [9.17, 15) is 19.8 Å². The number of phenols is 2. The maximum absolute atomic E-state index is 12.2. The van der Waals surface area contributed by atoms with Crippen molar-refractivity contribution in [3.63, 3.8) is 0 Å². The van der Waals surface area contributed by atoms with Crippen LogP contribution in [0.15, 0.2) is 10.9 Å². The van der Waals surface area contributed by atoms with Crippen LogP contribution in [-0.4, -0.2) is 32.9 Å². The van der Waals surface area contributed by atoms with Gasteiger partial charge in [0.25, 0.3) is 5.91 Å². The third-order valence-electron chi connectivity index (χ3n) is 2.70. The zero-order valence-corrected chi connectivity index (χ0v) is 11.3. The summed E-state index contributed by atoms with van der Waals surface area (Å²) in [7, 11) is 0. The largest absolute Gasteiger partial charge is 0.504 e. The highest BCUT2D eigenvalue weighted by Crippen LogP contribution is 2.37. The zero-order chi connectivity index (χ0) is 14.9. The van der Waals surface area contributed by atoms with Gasteiger partial charge < -0.3 is 15.5 Å². The molecule has 1 aromatic heterocycles. The third-order valence-corrected chi connectivity index (χ3v) is 3.07. The number of aromatic nitrogens is 2. The van der Waals surface area contributed by atoms with Gasteiger partial charge in [0.05, 0.1) is 15.9 Å². The number of hydrogen-bond acceptors (Lipinski definition) is 5. The first-order chi connectivity index (χ1) is 9.47. The van der Waals surface area contributed by atoms with E-state index in [0.29, 0.717) is 13.0 Å². The number of benzene rings is 1. The molecule has 1 amide bonds. The van der Waals surface area contributed by atoms with Gasteiger partial charge in [0.1, 0.15) is 0 Å². The summed E-state index contributed by atoms with van der Waals surface area (Å²) in [5.41, 5.74) is -0.937. The Bertz CT molecular complexity index is 742. The van der Waals surface area contributed by atoms with E-state index in [1.807, 2.05) is 6.92 Å². The molecule has 2 aromatic rings. The maximum Gasteiger partial charge on any atom is 0.275 e. The lowest BCUT2D eigenvalue weighted by molar-refractivity contribution is 0.0947. The lowest BCUT2D eigenvalue weighted by Gasteiger charge is -2.07. The van der Waals surface area contributed by atoms with Gasteiger partial charge in [0.15, 0.2) is 17.2 Å². The molecule has 20 heavy (non-hydrogen) atoms. The third kappa shape index (κ3) is 2.27. The van der Waals surface area contributed by atoms with Gasteiger partial charge in [-0.05, 0) is 6.42 Å². The number of nitrogens with zero attached hydrogens (tertiary/aromatic N) is 1. The molecule has 0 aliphatic rings. The van der Waals surface area contributed by atoms with Gasteiger partial charge in [-0.2, -0.15) is 5.10 Å². The molecule has 0 unspecified atom stereocenters. The fourth-order valence-corrected chi connectivity index (χ4v) is 1.98. The molecule has 0 aliphatic carbocycles.